The molecule has 0 saturated carbocycles. The Kier molecular flexibility index (Phi) is 1.95. The van der Waals surface area contributed by atoms with Crippen LogP contribution in [0.3, 0.4) is 0 Å². The van der Waals surface area contributed by atoms with Crippen LogP contribution in [0.1, 0.15) is 24.0 Å². The molecule has 0 aliphatic carbocycles. The van der Waals surface area contributed by atoms with Crippen LogP contribution in [0.5, 0.6) is 0 Å². The van der Waals surface area contributed by atoms with Crippen LogP contribution in [0.15, 0.2) is 16.6 Å². The molecule has 0 unspecified atom stereocenters. The highest BCUT2D eigenvalue weighted by Crippen LogP contribution is 2.14. The molecule has 0 amide bonds. The first-order chi connectivity index (χ1) is 4.74. The van der Waals surface area contributed by atoms with Gasteiger partial charge in [0.25, 0.3) is 0 Å². The van der Waals surface area contributed by atoms with Crippen LogP contribution < -0.4 is 0 Å². The normalized spacial score (nSPS) is 11.1. The molecule has 1 heteroatoms. The minimum atomic E-state index is 0.977. The van der Waals surface area contributed by atoms with Gasteiger partial charge in [-0.3, -0.25) is 0 Å². The molecule has 0 aromatic carbocycles. The van der Waals surface area contributed by atoms with Crippen molar-refractivity contribution in [3.05, 3.63) is 29.2 Å². The summed E-state index contributed by atoms with van der Waals surface area (Å²) >= 11 is 0. The van der Waals surface area contributed by atoms with E-state index in [-0.39, 0.29) is 0 Å². The fraction of sp³-hybridized carbons (Fsp3) is 0.333. The highest BCUT2D eigenvalue weighted by Gasteiger charge is 1.98. The van der Waals surface area contributed by atoms with E-state index in [9.17, 15) is 0 Å². The summed E-state index contributed by atoms with van der Waals surface area (Å²) in [4.78, 5) is 0. The highest BCUT2D eigenvalue weighted by atomic mass is 16.3. The molecule has 0 aliphatic rings. The molecule has 0 N–H and O–H groups in total. The fourth-order valence-electron chi connectivity index (χ4n) is 0.996. The number of allylic oxidation sites excluding steroid dienone is 1. The molecule has 0 aliphatic heterocycles. The SMILES string of the molecule is C/C=C\c1cc(C)oc1C. The minimum absolute atomic E-state index is 0.977. The summed E-state index contributed by atoms with van der Waals surface area (Å²) in [7, 11) is 0. The van der Waals surface area contributed by atoms with Gasteiger partial charge < -0.3 is 4.42 Å². The number of hydrogen-bond donors (Lipinski definition) is 0. The topological polar surface area (TPSA) is 13.1 Å². The van der Waals surface area contributed by atoms with E-state index >= 15 is 0 Å². The Balaban J connectivity index is 3.03. The largest absolute Gasteiger partial charge is 0.466 e. The van der Waals surface area contributed by atoms with Gasteiger partial charge in [0.2, 0.25) is 0 Å². The molecule has 10 heavy (non-hydrogen) atoms. The zero-order valence-corrected chi connectivity index (χ0v) is 6.64. The smallest absolute Gasteiger partial charge is 0.108 e. The van der Waals surface area contributed by atoms with Crippen molar-refractivity contribution < 1.29 is 4.42 Å². The zero-order valence-electron chi connectivity index (χ0n) is 6.64. The second-order valence-electron chi connectivity index (χ2n) is 2.37. The molecule has 0 bridgehead atoms. The molecule has 0 radical (unpaired) electrons. The molecular formula is C9H12O. The van der Waals surface area contributed by atoms with E-state index in [1.165, 1.54) is 5.56 Å². The van der Waals surface area contributed by atoms with Crippen molar-refractivity contribution in [1.82, 2.24) is 0 Å². The lowest BCUT2D eigenvalue weighted by Gasteiger charge is -1.83. The quantitative estimate of drug-likeness (QED) is 0.578. The lowest BCUT2D eigenvalue weighted by atomic mass is 10.2. The third kappa shape index (κ3) is 1.29. The molecular weight excluding hydrogens is 124 g/mol. The number of furan rings is 1. The maximum absolute atomic E-state index is 5.32. The predicted molar refractivity (Wildman–Crippen MR) is 42.9 cm³/mol. The summed E-state index contributed by atoms with van der Waals surface area (Å²) in [6.45, 7) is 5.93. The van der Waals surface area contributed by atoms with Crippen molar-refractivity contribution >= 4 is 6.08 Å². The third-order valence-electron chi connectivity index (χ3n) is 1.43. The first kappa shape index (κ1) is 7.13. The number of aryl methyl sites for hydroxylation is 2. The van der Waals surface area contributed by atoms with Gasteiger partial charge in [-0.25, -0.2) is 0 Å². The summed E-state index contributed by atoms with van der Waals surface area (Å²) in [6.07, 6.45) is 4.06. The van der Waals surface area contributed by atoms with Gasteiger partial charge in [-0.05, 0) is 26.8 Å². The Hall–Kier alpha value is -0.980. The molecule has 0 atom stereocenters. The van der Waals surface area contributed by atoms with Crippen LogP contribution in [0.4, 0.5) is 0 Å². The van der Waals surface area contributed by atoms with E-state index in [1.807, 2.05) is 39.0 Å². The predicted octanol–water partition coefficient (Wildman–Crippen LogP) is 2.93. The van der Waals surface area contributed by atoms with Crippen LogP contribution in [0.25, 0.3) is 6.08 Å². The van der Waals surface area contributed by atoms with Crippen LogP contribution in [0.2, 0.25) is 0 Å². The van der Waals surface area contributed by atoms with Gasteiger partial charge in [0.1, 0.15) is 11.5 Å². The monoisotopic (exact) mass is 136 g/mol. The molecule has 1 aromatic rings. The first-order valence-electron chi connectivity index (χ1n) is 3.43. The molecule has 0 saturated heterocycles. The standard InChI is InChI=1S/C9H12O/c1-4-5-9-6-7(2)10-8(9)3/h4-6H,1-3H3/b5-4-. The lowest BCUT2D eigenvalue weighted by Crippen LogP contribution is -1.66. The summed E-state index contributed by atoms with van der Waals surface area (Å²) in [6, 6.07) is 2.04. The molecule has 0 spiro atoms. The fourth-order valence-corrected chi connectivity index (χ4v) is 0.996. The summed E-state index contributed by atoms with van der Waals surface area (Å²) < 4.78 is 5.32. The average Bonchev–Trinajstić information content (AvgIpc) is 2.13. The average molecular weight is 136 g/mol. The second-order valence-corrected chi connectivity index (χ2v) is 2.37. The van der Waals surface area contributed by atoms with Crippen molar-refractivity contribution in [1.29, 1.82) is 0 Å². The van der Waals surface area contributed by atoms with Crippen molar-refractivity contribution in [2.24, 2.45) is 0 Å². The highest BCUT2D eigenvalue weighted by molar-refractivity contribution is 5.51. The molecule has 1 rings (SSSR count). The molecule has 1 nitrogen and oxygen atoms in total. The number of hydrogen-bond acceptors (Lipinski definition) is 1. The number of rotatable bonds is 1. The van der Waals surface area contributed by atoms with E-state index in [0.717, 1.165) is 11.5 Å². The van der Waals surface area contributed by atoms with Gasteiger partial charge in [-0.2, -0.15) is 0 Å². The van der Waals surface area contributed by atoms with Crippen molar-refractivity contribution in [2.75, 3.05) is 0 Å². The van der Waals surface area contributed by atoms with Gasteiger partial charge in [0, 0.05) is 5.56 Å². The maximum atomic E-state index is 5.32. The van der Waals surface area contributed by atoms with Crippen LogP contribution >= 0.6 is 0 Å². The molecule has 54 valence electrons. The maximum Gasteiger partial charge on any atom is 0.108 e. The van der Waals surface area contributed by atoms with E-state index in [0.29, 0.717) is 0 Å². The van der Waals surface area contributed by atoms with Gasteiger partial charge in [-0.15, -0.1) is 0 Å². The Morgan fingerprint density at radius 2 is 2.10 bits per heavy atom. The molecule has 0 fully saturated rings. The van der Waals surface area contributed by atoms with Crippen molar-refractivity contribution in [3.8, 4) is 0 Å². The summed E-state index contributed by atoms with van der Waals surface area (Å²) in [5, 5.41) is 0. The third-order valence-corrected chi connectivity index (χ3v) is 1.43. The second kappa shape index (κ2) is 2.74. The summed E-state index contributed by atoms with van der Waals surface area (Å²) in [5.41, 5.74) is 1.18. The van der Waals surface area contributed by atoms with E-state index in [4.69, 9.17) is 4.42 Å². The van der Waals surface area contributed by atoms with Crippen molar-refractivity contribution in [3.63, 3.8) is 0 Å². The van der Waals surface area contributed by atoms with E-state index < -0.39 is 0 Å². The van der Waals surface area contributed by atoms with E-state index in [2.05, 4.69) is 0 Å². The zero-order chi connectivity index (χ0) is 7.56. The Labute approximate surface area is 61.4 Å². The van der Waals surface area contributed by atoms with Crippen LogP contribution in [0, 0.1) is 13.8 Å². The lowest BCUT2D eigenvalue weighted by molar-refractivity contribution is 0.504. The summed E-state index contributed by atoms with van der Waals surface area (Å²) in [5.74, 6) is 1.97. The molecule has 1 aromatic heterocycles. The van der Waals surface area contributed by atoms with Crippen LogP contribution in [-0.4, -0.2) is 0 Å². The van der Waals surface area contributed by atoms with Gasteiger partial charge >= 0.3 is 0 Å². The van der Waals surface area contributed by atoms with Gasteiger partial charge in [-0.1, -0.05) is 12.2 Å². The Bertz CT molecular complexity index is 243. The van der Waals surface area contributed by atoms with Gasteiger partial charge in [0.05, 0.1) is 0 Å². The van der Waals surface area contributed by atoms with Crippen LogP contribution in [-0.2, 0) is 0 Å². The first-order valence-corrected chi connectivity index (χ1v) is 3.43. The van der Waals surface area contributed by atoms with Gasteiger partial charge in [0.15, 0.2) is 0 Å². The van der Waals surface area contributed by atoms with Crippen molar-refractivity contribution in [2.45, 2.75) is 20.8 Å². The molecule has 1 heterocycles. The van der Waals surface area contributed by atoms with E-state index in [1.54, 1.807) is 0 Å². The minimum Gasteiger partial charge on any atom is -0.466 e. The Morgan fingerprint density at radius 3 is 2.50 bits per heavy atom. The Morgan fingerprint density at radius 1 is 1.40 bits per heavy atom.